The first-order valence-corrected chi connectivity index (χ1v) is 6.37. The first-order valence-electron chi connectivity index (χ1n) is 6.37. The maximum atomic E-state index is 13.2. The van der Waals surface area contributed by atoms with E-state index in [1.807, 2.05) is 32.9 Å². The van der Waals surface area contributed by atoms with E-state index in [0.29, 0.717) is 5.75 Å². The minimum absolute atomic E-state index is 0.224. The highest BCUT2D eigenvalue weighted by atomic mass is 19.1. The summed E-state index contributed by atoms with van der Waals surface area (Å²) in [6, 6.07) is 9.10. The van der Waals surface area contributed by atoms with Gasteiger partial charge in [0.15, 0.2) is 0 Å². The molecule has 2 rings (SSSR count). The van der Waals surface area contributed by atoms with Crippen molar-refractivity contribution in [1.82, 2.24) is 4.98 Å². The van der Waals surface area contributed by atoms with E-state index >= 15 is 0 Å². The van der Waals surface area contributed by atoms with Crippen LogP contribution in [0, 0.1) is 16.1 Å². The third kappa shape index (κ3) is 3.34. The first-order chi connectivity index (χ1) is 9.79. The van der Waals surface area contributed by atoms with Crippen molar-refractivity contribution in [3.05, 3.63) is 58.0 Å². The third-order valence-corrected chi connectivity index (χ3v) is 2.90. The van der Waals surface area contributed by atoms with Crippen LogP contribution >= 0.6 is 0 Å². The van der Waals surface area contributed by atoms with Gasteiger partial charge in [0.1, 0.15) is 5.75 Å². The van der Waals surface area contributed by atoms with E-state index < -0.39 is 10.9 Å². The maximum absolute atomic E-state index is 13.2. The Balaban J connectivity index is 2.49. The molecular weight excluding hydrogens is 275 g/mol. The van der Waals surface area contributed by atoms with Crippen molar-refractivity contribution >= 4 is 5.69 Å². The van der Waals surface area contributed by atoms with Gasteiger partial charge in [0.2, 0.25) is 5.95 Å². The summed E-state index contributed by atoms with van der Waals surface area (Å²) in [4.78, 5) is 13.8. The van der Waals surface area contributed by atoms with Gasteiger partial charge in [-0.15, -0.1) is 0 Å². The predicted molar refractivity (Wildman–Crippen MR) is 76.1 cm³/mol. The van der Waals surface area contributed by atoms with Crippen molar-refractivity contribution in [3.63, 3.8) is 0 Å². The fourth-order valence-corrected chi connectivity index (χ4v) is 1.90. The molecule has 0 saturated carbocycles. The van der Waals surface area contributed by atoms with Crippen LogP contribution in [0.25, 0.3) is 0 Å². The van der Waals surface area contributed by atoms with Crippen molar-refractivity contribution in [2.24, 2.45) is 0 Å². The van der Waals surface area contributed by atoms with Gasteiger partial charge in [-0.3, -0.25) is 10.1 Å². The molecular formula is C15H15FN2O3. The molecule has 0 amide bonds. The molecule has 0 N–H and O–H groups in total. The number of halogens is 1. The maximum Gasteiger partial charge on any atom is 0.331 e. The Kier molecular flexibility index (Phi) is 3.88. The Morgan fingerprint density at radius 1 is 1.19 bits per heavy atom. The molecule has 110 valence electrons. The smallest absolute Gasteiger partial charge is 0.331 e. The number of nitrogens with zero attached hydrogens (tertiary/aromatic N) is 2. The monoisotopic (exact) mass is 290 g/mol. The number of hydrogen-bond acceptors (Lipinski definition) is 4. The van der Waals surface area contributed by atoms with Crippen molar-refractivity contribution in [2.75, 3.05) is 0 Å². The topological polar surface area (TPSA) is 65.3 Å². The number of aromatic nitrogens is 1. The Bertz CT molecular complexity index is 681. The second-order valence-corrected chi connectivity index (χ2v) is 5.56. The van der Waals surface area contributed by atoms with Gasteiger partial charge in [-0.1, -0.05) is 39.0 Å². The second kappa shape index (κ2) is 5.47. The molecule has 0 aliphatic heterocycles. The summed E-state index contributed by atoms with van der Waals surface area (Å²) in [6.07, 6.45) is 0. The van der Waals surface area contributed by atoms with Crippen molar-refractivity contribution < 1.29 is 14.1 Å². The molecule has 0 radical (unpaired) electrons. The van der Waals surface area contributed by atoms with Crippen LogP contribution in [0.5, 0.6) is 11.6 Å². The number of para-hydroxylation sites is 1. The van der Waals surface area contributed by atoms with Crippen LogP contribution in [0.4, 0.5) is 10.1 Å². The van der Waals surface area contributed by atoms with E-state index in [2.05, 4.69) is 4.98 Å². The number of ether oxygens (including phenoxy) is 1. The largest absolute Gasteiger partial charge is 0.433 e. The van der Waals surface area contributed by atoms with E-state index in [4.69, 9.17) is 4.74 Å². The second-order valence-electron chi connectivity index (χ2n) is 5.56. The predicted octanol–water partition coefficient (Wildman–Crippen LogP) is 4.22. The van der Waals surface area contributed by atoms with E-state index in [1.54, 1.807) is 12.1 Å². The van der Waals surface area contributed by atoms with Crippen LogP contribution in [0.3, 0.4) is 0 Å². The molecule has 0 saturated heterocycles. The lowest BCUT2D eigenvalue weighted by Crippen LogP contribution is -2.12. The zero-order chi connectivity index (χ0) is 15.6. The van der Waals surface area contributed by atoms with Gasteiger partial charge >= 0.3 is 11.6 Å². The lowest BCUT2D eigenvalue weighted by atomic mass is 9.86. The van der Waals surface area contributed by atoms with Gasteiger partial charge in [0, 0.05) is 17.7 Å². The summed E-state index contributed by atoms with van der Waals surface area (Å²) >= 11 is 0. The number of pyridine rings is 1. The molecule has 2 aromatic rings. The summed E-state index contributed by atoms with van der Waals surface area (Å²) in [6.45, 7) is 5.97. The van der Waals surface area contributed by atoms with E-state index in [9.17, 15) is 14.5 Å². The molecule has 0 aliphatic carbocycles. The number of benzene rings is 1. The van der Waals surface area contributed by atoms with Crippen molar-refractivity contribution in [1.29, 1.82) is 0 Å². The van der Waals surface area contributed by atoms with Crippen LogP contribution < -0.4 is 4.74 Å². The molecule has 0 fully saturated rings. The summed E-state index contributed by atoms with van der Waals surface area (Å²) in [5.74, 6) is -0.758. The first kappa shape index (κ1) is 14.9. The molecule has 0 atom stereocenters. The molecule has 6 heteroatoms. The molecule has 0 unspecified atom stereocenters. The average Bonchev–Trinajstić information content (AvgIpc) is 2.37. The van der Waals surface area contributed by atoms with Gasteiger partial charge in [-0.25, -0.2) is 0 Å². The fourth-order valence-electron chi connectivity index (χ4n) is 1.90. The number of hydrogen-bond donors (Lipinski definition) is 0. The van der Waals surface area contributed by atoms with E-state index in [-0.39, 0.29) is 17.0 Å². The number of rotatable bonds is 3. The van der Waals surface area contributed by atoms with Crippen molar-refractivity contribution in [2.45, 2.75) is 26.2 Å². The molecule has 5 nitrogen and oxygen atoms in total. The standard InChI is InChI=1S/C15H15FN2O3/c1-15(2,3)10-6-4-5-7-12(10)21-14-11(18(19)20)8-9-13(16)17-14/h4-9H,1-3H3. The van der Waals surface area contributed by atoms with Gasteiger partial charge in [-0.05, 0) is 11.5 Å². The van der Waals surface area contributed by atoms with Gasteiger partial charge in [-0.2, -0.15) is 9.37 Å². The zero-order valence-corrected chi connectivity index (χ0v) is 12.0. The fraction of sp³-hybridized carbons (Fsp3) is 0.267. The molecule has 0 aliphatic rings. The van der Waals surface area contributed by atoms with Crippen LogP contribution in [-0.4, -0.2) is 9.91 Å². The Hall–Kier alpha value is -2.50. The SMILES string of the molecule is CC(C)(C)c1ccccc1Oc1nc(F)ccc1[N+](=O)[O-]. The highest BCUT2D eigenvalue weighted by Gasteiger charge is 2.23. The molecule has 1 heterocycles. The van der Waals surface area contributed by atoms with Crippen LogP contribution in [0.2, 0.25) is 0 Å². The third-order valence-electron chi connectivity index (χ3n) is 2.90. The molecule has 0 spiro atoms. The van der Waals surface area contributed by atoms with Gasteiger partial charge in [0.05, 0.1) is 4.92 Å². The zero-order valence-electron chi connectivity index (χ0n) is 12.0. The normalized spacial score (nSPS) is 11.2. The van der Waals surface area contributed by atoms with Gasteiger partial charge < -0.3 is 4.74 Å². The van der Waals surface area contributed by atoms with Gasteiger partial charge in [0.25, 0.3) is 0 Å². The van der Waals surface area contributed by atoms with E-state index in [0.717, 1.165) is 17.7 Å². The Labute approximate surface area is 121 Å². The van der Waals surface area contributed by atoms with Crippen LogP contribution in [0.15, 0.2) is 36.4 Å². The van der Waals surface area contributed by atoms with Crippen LogP contribution in [0.1, 0.15) is 26.3 Å². The highest BCUT2D eigenvalue weighted by molar-refractivity contribution is 5.46. The summed E-state index contributed by atoms with van der Waals surface area (Å²) in [5, 5.41) is 11.0. The minimum Gasteiger partial charge on any atom is -0.433 e. The lowest BCUT2D eigenvalue weighted by Gasteiger charge is -2.22. The summed E-state index contributed by atoms with van der Waals surface area (Å²) in [7, 11) is 0. The minimum atomic E-state index is -0.830. The summed E-state index contributed by atoms with van der Waals surface area (Å²) < 4.78 is 18.8. The average molecular weight is 290 g/mol. The van der Waals surface area contributed by atoms with Crippen LogP contribution in [-0.2, 0) is 5.41 Å². The Morgan fingerprint density at radius 3 is 2.48 bits per heavy atom. The molecule has 0 bridgehead atoms. The molecule has 21 heavy (non-hydrogen) atoms. The highest BCUT2D eigenvalue weighted by Crippen LogP contribution is 2.36. The molecule has 1 aromatic carbocycles. The molecule has 1 aromatic heterocycles. The van der Waals surface area contributed by atoms with Crippen molar-refractivity contribution in [3.8, 4) is 11.6 Å². The quantitative estimate of drug-likeness (QED) is 0.482. The lowest BCUT2D eigenvalue weighted by molar-refractivity contribution is -0.386. The Morgan fingerprint density at radius 2 is 1.86 bits per heavy atom. The van der Waals surface area contributed by atoms with E-state index in [1.165, 1.54) is 0 Å². The number of nitro groups is 1. The summed E-state index contributed by atoms with van der Waals surface area (Å²) in [5.41, 5.74) is 0.254.